The van der Waals surface area contributed by atoms with E-state index in [2.05, 4.69) is 29.4 Å². The van der Waals surface area contributed by atoms with E-state index in [4.69, 9.17) is 0 Å². The second kappa shape index (κ2) is 8.19. The van der Waals surface area contributed by atoms with Gasteiger partial charge < -0.3 is 15.5 Å². The third-order valence-electron chi connectivity index (χ3n) is 3.72. The third-order valence-corrected chi connectivity index (χ3v) is 5.00. The number of likely N-dealkylation sites (N-methyl/N-ethyl adjacent to an activating group) is 1. The maximum absolute atomic E-state index is 12.0. The van der Waals surface area contributed by atoms with Gasteiger partial charge in [0.25, 0.3) is 0 Å². The molecule has 0 aliphatic carbocycles. The molecule has 6 heteroatoms. The molecule has 22 heavy (non-hydrogen) atoms. The Morgan fingerprint density at radius 3 is 2.77 bits per heavy atom. The normalized spacial score (nSPS) is 17.0. The molecule has 1 heterocycles. The summed E-state index contributed by atoms with van der Waals surface area (Å²) in [6, 6.07) is 7.66. The van der Waals surface area contributed by atoms with Crippen molar-refractivity contribution in [3.05, 3.63) is 24.3 Å². The Kier molecular flexibility index (Phi) is 6.27. The molecule has 1 aliphatic heterocycles. The zero-order chi connectivity index (χ0) is 15.9. The highest BCUT2D eigenvalue weighted by Gasteiger charge is 2.28. The maximum Gasteiger partial charge on any atom is 0.238 e. The van der Waals surface area contributed by atoms with E-state index < -0.39 is 0 Å². The first-order valence-electron chi connectivity index (χ1n) is 7.69. The molecule has 0 spiro atoms. The van der Waals surface area contributed by atoms with Gasteiger partial charge >= 0.3 is 0 Å². The lowest BCUT2D eigenvalue weighted by Gasteiger charge is -2.24. The molecule has 1 aromatic carbocycles. The van der Waals surface area contributed by atoms with Gasteiger partial charge in [0.05, 0.1) is 10.9 Å². The molecule has 2 N–H and O–H groups in total. The van der Waals surface area contributed by atoms with Crippen molar-refractivity contribution in [1.29, 1.82) is 0 Å². The highest BCUT2D eigenvalue weighted by molar-refractivity contribution is 8.01. The minimum absolute atomic E-state index is 0.0702. The SMILES string of the molecule is CCN(CC)CCNC(=O)C[C@H]1Sc2ccccc2NC1=O. The van der Waals surface area contributed by atoms with Crippen LogP contribution in [-0.4, -0.2) is 48.1 Å². The monoisotopic (exact) mass is 321 g/mol. The van der Waals surface area contributed by atoms with Crippen molar-refractivity contribution < 1.29 is 9.59 Å². The number of carbonyl (C=O) groups excluding carboxylic acids is 2. The second-order valence-electron chi connectivity index (χ2n) is 5.17. The first-order chi connectivity index (χ1) is 10.6. The van der Waals surface area contributed by atoms with Gasteiger partial charge in [0.2, 0.25) is 11.8 Å². The number of carbonyl (C=O) groups is 2. The summed E-state index contributed by atoms with van der Waals surface area (Å²) in [5, 5.41) is 5.40. The summed E-state index contributed by atoms with van der Waals surface area (Å²) >= 11 is 1.46. The van der Waals surface area contributed by atoms with Crippen LogP contribution in [0.2, 0.25) is 0 Å². The molecular formula is C16H23N3O2S. The third kappa shape index (κ3) is 4.48. The van der Waals surface area contributed by atoms with Crippen molar-refractivity contribution in [1.82, 2.24) is 10.2 Å². The topological polar surface area (TPSA) is 61.4 Å². The van der Waals surface area contributed by atoms with E-state index in [1.807, 2.05) is 24.3 Å². The fourth-order valence-corrected chi connectivity index (χ4v) is 3.47. The highest BCUT2D eigenvalue weighted by Crippen LogP contribution is 2.36. The van der Waals surface area contributed by atoms with Crippen LogP contribution in [0.1, 0.15) is 20.3 Å². The number of benzene rings is 1. The quantitative estimate of drug-likeness (QED) is 0.806. The first-order valence-corrected chi connectivity index (χ1v) is 8.57. The van der Waals surface area contributed by atoms with Crippen molar-refractivity contribution >= 4 is 29.3 Å². The van der Waals surface area contributed by atoms with Gasteiger partial charge in [-0.1, -0.05) is 26.0 Å². The first kappa shape index (κ1) is 16.8. The molecule has 2 amide bonds. The Morgan fingerprint density at radius 1 is 1.32 bits per heavy atom. The van der Waals surface area contributed by atoms with Crippen LogP contribution in [0.3, 0.4) is 0 Å². The molecule has 0 aromatic heterocycles. The van der Waals surface area contributed by atoms with Crippen molar-refractivity contribution in [2.45, 2.75) is 30.4 Å². The van der Waals surface area contributed by atoms with Crippen LogP contribution in [0.5, 0.6) is 0 Å². The van der Waals surface area contributed by atoms with Gasteiger partial charge in [-0.25, -0.2) is 0 Å². The lowest BCUT2D eigenvalue weighted by atomic mass is 10.2. The fraction of sp³-hybridized carbons (Fsp3) is 0.500. The number of amides is 2. The smallest absolute Gasteiger partial charge is 0.238 e. The second-order valence-corrected chi connectivity index (χ2v) is 6.42. The largest absolute Gasteiger partial charge is 0.355 e. The summed E-state index contributed by atoms with van der Waals surface area (Å²) in [6.45, 7) is 7.62. The Labute approximate surface area is 135 Å². The number of thioether (sulfide) groups is 1. The number of rotatable bonds is 7. The number of nitrogens with zero attached hydrogens (tertiary/aromatic N) is 1. The predicted molar refractivity (Wildman–Crippen MR) is 90.1 cm³/mol. The van der Waals surface area contributed by atoms with Gasteiger partial charge in [-0.15, -0.1) is 11.8 Å². The summed E-state index contributed by atoms with van der Waals surface area (Å²) in [7, 11) is 0. The van der Waals surface area contributed by atoms with Crippen LogP contribution in [-0.2, 0) is 9.59 Å². The zero-order valence-electron chi connectivity index (χ0n) is 13.1. The number of fused-ring (bicyclic) bond motifs is 1. The maximum atomic E-state index is 12.0. The van der Waals surface area contributed by atoms with Gasteiger partial charge in [-0.05, 0) is 25.2 Å². The van der Waals surface area contributed by atoms with Crippen LogP contribution in [0.25, 0.3) is 0 Å². The van der Waals surface area contributed by atoms with Gasteiger partial charge in [-0.3, -0.25) is 9.59 Å². The van der Waals surface area contributed by atoms with E-state index in [0.717, 1.165) is 30.2 Å². The van der Waals surface area contributed by atoms with E-state index in [9.17, 15) is 9.59 Å². The Hall–Kier alpha value is -1.53. The van der Waals surface area contributed by atoms with Crippen LogP contribution in [0.4, 0.5) is 5.69 Å². The van der Waals surface area contributed by atoms with E-state index in [-0.39, 0.29) is 23.5 Å². The number of anilines is 1. The molecule has 2 rings (SSSR count). The molecular weight excluding hydrogens is 298 g/mol. The number of hydrogen-bond acceptors (Lipinski definition) is 4. The van der Waals surface area contributed by atoms with Gasteiger partial charge in [0, 0.05) is 24.4 Å². The number of hydrogen-bond donors (Lipinski definition) is 2. The van der Waals surface area contributed by atoms with E-state index in [1.54, 1.807) is 0 Å². The summed E-state index contributed by atoms with van der Waals surface area (Å²) in [4.78, 5) is 27.3. The Bertz CT molecular complexity index is 532. The summed E-state index contributed by atoms with van der Waals surface area (Å²) in [5.41, 5.74) is 0.829. The fourth-order valence-electron chi connectivity index (χ4n) is 2.36. The molecule has 0 bridgehead atoms. The van der Waals surface area contributed by atoms with Gasteiger partial charge in [-0.2, -0.15) is 0 Å². The van der Waals surface area contributed by atoms with Crippen LogP contribution >= 0.6 is 11.8 Å². The van der Waals surface area contributed by atoms with Crippen LogP contribution < -0.4 is 10.6 Å². The average molecular weight is 321 g/mol. The molecule has 0 saturated heterocycles. The van der Waals surface area contributed by atoms with Crippen LogP contribution in [0.15, 0.2) is 29.2 Å². The predicted octanol–water partition coefficient (Wildman–Crippen LogP) is 1.95. The molecule has 5 nitrogen and oxygen atoms in total. The zero-order valence-corrected chi connectivity index (χ0v) is 13.9. The lowest BCUT2D eigenvalue weighted by molar-refractivity contribution is -0.124. The van der Waals surface area contributed by atoms with Crippen molar-refractivity contribution in [3.63, 3.8) is 0 Å². The minimum atomic E-state index is -0.358. The van der Waals surface area contributed by atoms with E-state index in [0.29, 0.717) is 6.54 Å². The summed E-state index contributed by atoms with van der Waals surface area (Å²) < 4.78 is 0. The average Bonchev–Trinajstić information content (AvgIpc) is 2.52. The molecule has 1 aromatic rings. The molecule has 0 unspecified atom stereocenters. The highest BCUT2D eigenvalue weighted by atomic mass is 32.2. The van der Waals surface area contributed by atoms with Gasteiger partial charge in [0.15, 0.2) is 0 Å². The summed E-state index contributed by atoms with van der Waals surface area (Å²) in [6.07, 6.45) is 0.211. The van der Waals surface area contributed by atoms with Crippen LogP contribution in [0, 0.1) is 0 Å². The molecule has 1 atom stereocenters. The van der Waals surface area contributed by atoms with Crippen molar-refractivity contribution in [2.75, 3.05) is 31.5 Å². The molecule has 0 radical (unpaired) electrons. The summed E-state index contributed by atoms with van der Waals surface area (Å²) in [5.74, 6) is -0.165. The molecule has 0 fully saturated rings. The van der Waals surface area contributed by atoms with Gasteiger partial charge in [0.1, 0.15) is 0 Å². The van der Waals surface area contributed by atoms with E-state index in [1.165, 1.54) is 11.8 Å². The number of nitrogens with one attached hydrogen (secondary N) is 2. The molecule has 0 saturated carbocycles. The standard InChI is InChI=1S/C16H23N3O2S/c1-3-19(4-2)10-9-17-15(20)11-14-16(21)18-12-7-5-6-8-13(12)22-14/h5-8,14H,3-4,9-11H2,1-2H3,(H,17,20)(H,18,21)/t14-/m1/s1. The number of para-hydroxylation sites is 1. The van der Waals surface area contributed by atoms with Crippen molar-refractivity contribution in [2.24, 2.45) is 0 Å². The Morgan fingerprint density at radius 2 is 2.05 bits per heavy atom. The lowest BCUT2D eigenvalue weighted by Crippen LogP contribution is -2.38. The molecule has 120 valence electrons. The molecule has 1 aliphatic rings. The van der Waals surface area contributed by atoms with E-state index >= 15 is 0 Å². The minimum Gasteiger partial charge on any atom is -0.355 e. The Balaban J connectivity index is 1.81. The van der Waals surface area contributed by atoms with Crippen molar-refractivity contribution in [3.8, 4) is 0 Å².